The van der Waals surface area contributed by atoms with Crippen LogP contribution in [0.3, 0.4) is 0 Å². The molecule has 0 aliphatic carbocycles. The van der Waals surface area contributed by atoms with Crippen molar-refractivity contribution in [2.75, 3.05) is 12.4 Å². The second-order valence-electron chi connectivity index (χ2n) is 5.37. The first-order valence-electron chi connectivity index (χ1n) is 7.67. The van der Waals surface area contributed by atoms with Crippen LogP contribution in [0.15, 0.2) is 42.5 Å². The van der Waals surface area contributed by atoms with Crippen LogP contribution in [0.4, 0.5) is 20.2 Å². The number of nitro groups is 1. The van der Waals surface area contributed by atoms with Crippen LogP contribution in [0.1, 0.15) is 11.1 Å². The van der Waals surface area contributed by atoms with Crippen molar-refractivity contribution in [3.63, 3.8) is 0 Å². The van der Waals surface area contributed by atoms with Gasteiger partial charge in [-0.05, 0) is 36.3 Å². The smallest absolute Gasteiger partial charge is 0.387 e. The Balaban J connectivity index is 2.13. The number of nitro benzene ring substituents is 1. The fraction of sp³-hybridized carbons (Fsp3) is 0.167. The first kappa shape index (κ1) is 19.8. The number of rotatable bonds is 7. The lowest BCUT2D eigenvalue weighted by Gasteiger charge is -2.10. The number of anilines is 1. The fourth-order valence-electron chi connectivity index (χ4n) is 2.19. The minimum absolute atomic E-state index is 0.0902. The number of hydrogen-bond acceptors (Lipinski definition) is 5. The van der Waals surface area contributed by atoms with E-state index in [1.165, 1.54) is 55.7 Å². The lowest BCUT2D eigenvalue weighted by molar-refractivity contribution is -0.384. The Bertz CT molecular complexity index is 884. The van der Waals surface area contributed by atoms with Crippen molar-refractivity contribution in [2.24, 2.45) is 0 Å². The number of alkyl halides is 2. The molecule has 9 heteroatoms. The molecule has 0 saturated carbocycles. The van der Waals surface area contributed by atoms with E-state index in [1.807, 2.05) is 0 Å². The number of ether oxygens (including phenoxy) is 2. The zero-order chi connectivity index (χ0) is 20.0. The fourth-order valence-corrected chi connectivity index (χ4v) is 2.19. The Morgan fingerprint density at radius 2 is 1.96 bits per heavy atom. The Kier molecular flexibility index (Phi) is 6.42. The van der Waals surface area contributed by atoms with Gasteiger partial charge in [-0.15, -0.1) is 0 Å². The van der Waals surface area contributed by atoms with Gasteiger partial charge in [0.15, 0.2) is 11.5 Å². The lowest BCUT2D eigenvalue weighted by atomic mass is 10.1. The maximum Gasteiger partial charge on any atom is 0.387 e. The van der Waals surface area contributed by atoms with Gasteiger partial charge in [0.25, 0.3) is 5.69 Å². The largest absolute Gasteiger partial charge is 0.493 e. The summed E-state index contributed by atoms with van der Waals surface area (Å²) >= 11 is 0. The summed E-state index contributed by atoms with van der Waals surface area (Å²) in [4.78, 5) is 22.3. The summed E-state index contributed by atoms with van der Waals surface area (Å²) in [6, 6.07) is 8.34. The molecule has 142 valence electrons. The summed E-state index contributed by atoms with van der Waals surface area (Å²) in [5, 5.41) is 13.4. The molecular formula is C18H16F2N2O5. The lowest BCUT2D eigenvalue weighted by Crippen LogP contribution is -2.09. The monoisotopic (exact) mass is 378 g/mol. The molecule has 2 aromatic rings. The highest BCUT2D eigenvalue weighted by Crippen LogP contribution is 2.30. The Morgan fingerprint density at radius 1 is 1.22 bits per heavy atom. The van der Waals surface area contributed by atoms with E-state index >= 15 is 0 Å². The Hall–Kier alpha value is -3.49. The van der Waals surface area contributed by atoms with E-state index in [4.69, 9.17) is 4.74 Å². The highest BCUT2D eigenvalue weighted by atomic mass is 19.3. The topological polar surface area (TPSA) is 90.7 Å². The standard InChI is InChI=1S/C18H16F2N2O5/c1-11-3-6-13(22(24)25)10-14(11)21-17(23)8-5-12-4-7-15(27-18(19)20)16(9-12)26-2/h3-10,18H,1-2H3,(H,21,23)/b8-5+. The van der Waals surface area contributed by atoms with Gasteiger partial charge in [-0.1, -0.05) is 12.1 Å². The molecule has 0 aromatic heterocycles. The Morgan fingerprint density at radius 3 is 2.59 bits per heavy atom. The third-order valence-corrected chi connectivity index (χ3v) is 3.52. The number of methoxy groups -OCH3 is 1. The van der Waals surface area contributed by atoms with Crippen LogP contribution in [-0.2, 0) is 4.79 Å². The number of carbonyl (C=O) groups excluding carboxylic acids is 1. The molecule has 0 bridgehead atoms. The summed E-state index contributed by atoms with van der Waals surface area (Å²) < 4.78 is 34.0. The van der Waals surface area contributed by atoms with Crippen molar-refractivity contribution in [1.29, 1.82) is 0 Å². The first-order chi connectivity index (χ1) is 12.8. The van der Waals surface area contributed by atoms with E-state index < -0.39 is 17.4 Å². The van der Waals surface area contributed by atoms with Crippen molar-refractivity contribution in [1.82, 2.24) is 0 Å². The van der Waals surface area contributed by atoms with Crippen LogP contribution in [0.5, 0.6) is 11.5 Å². The molecule has 0 saturated heterocycles. The normalized spacial score (nSPS) is 10.9. The minimum atomic E-state index is -2.98. The zero-order valence-corrected chi connectivity index (χ0v) is 14.4. The predicted molar refractivity (Wildman–Crippen MR) is 95.1 cm³/mol. The number of carbonyl (C=O) groups is 1. The van der Waals surface area contributed by atoms with Crippen LogP contribution in [0.25, 0.3) is 6.08 Å². The summed E-state index contributed by atoms with van der Waals surface area (Å²) in [5.74, 6) is -0.542. The molecule has 0 radical (unpaired) electrons. The van der Waals surface area contributed by atoms with Gasteiger partial charge >= 0.3 is 6.61 Å². The van der Waals surface area contributed by atoms with Crippen molar-refractivity contribution in [3.05, 3.63) is 63.7 Å². The molecule has 0 aliphatic heterocycles. The zero-order valence-electron chi connectivity index (χ0n) is 14.4. The van der Waals surface area contributed by atoms with E-state index in [0.29, 0.717) is 16.8 Å². The summed E-state index contributed by atoms with van der Waals surface area (Å²) in [7, 11) is 1.30. The maximum absolute atomic E-state index is 12.3. The number of nitrogens with one attached hydrogen (secondary N) is 1. The second-order valence-corrected chi connectivity index (χ2v) is 5.37. The quantitative estimate of drug-likeness (QED) is 0.444. The van der Waals surface area contributed by atoms with Gasteiger partial charge in [0.1, 0.15) is 0 Å². The van der Waals surface area contributed by atoms with Crippen LogP contribution in [-0.4, -0.2) is 24.6 Å². The Labute approximate surface area is 153 Å². The number of nitrogens with zero attached hydrogens (tertiary/aromatic N) is 1. The predicted octanol–water partition coefficient (Wildman–Crippen LogP) is 4.17. The van der Waals surface area contributed by atoms with E-state index in [9.17, 15) is 23.7 Å². The van der Waals surface area contributed by atoms with E-state index in [0.717, 1.165) is 0 Å². The molecule has 2 rings (SSSR count). The second kappa shape index (κ2) is 8.75. The van der Waals surface area contributed by atoms with Gasteiger partial charge in [0, 0.05) is 18.2 Å². The van der Waals surface area contributed by atoms with E-state index in [-0.39, 0.29) is 17.2 Å². The maximum atomic E-state index is 12.3. The molecule has 1 N–H and O–H groups in total. The summed E-state index contributed by atoms with van der Waals surface area (Å²) in [5.41, 5.74) is 1.35. The van der Waals surface area contributed by atoms with Crippen LogP contribution < -0.4 is 14.8 Å². The van der Waals surface area contributed by atoms with Gasteiger partial charge in [0.2, 0.25) is 5.91 Å². The third kappa shape index (κ3) is 5.50. The SMILES string of the molecule is COc1cc(/C=C/C(=O)Nc2cc([N+](=O)[O-])ccc2C)ccc1OC(F)F. The number of hydrogen-bond donors (Lipinski definition) is 1. The van der Waals surface area contributed by atoms with Crippen molar-refractivity contribution in [2.45, 2.75) is 13.5 Å². The van der Waals surface area contributed by atoms with Crippen molar-refractivity contribution < 1.29 is 28.0 Å². The number of amides is 1. The van der Waals surface area contributed by atoms with Crippen molar-refractivity contribution >= 4 is 23.4 Å². The molecule has 0 spiro atoms. The molecule has 2 aromatic carbocycles. The number of non-ortho nitro benzene ring substituents is 1. The highest BCUT2D eigenvalue weighted by molar-refractivity contribution is 6.02. The highest BCUT2D eigenvalue weighted by Gasteiger charge is 2.11. The number of benzene rings is 2. The molecule has 0 aliphatic rings. The molecule has 0 fully saturated rings. The third-order valence-electron chi connectivity index (χ3n) is 3.52. The molecule has 1 amide bonds. The van der Waals surface area contributed by atoms with Crippen LogP contribution >= 0.6 is 0 Å². The molecule has 0 unspecified atom stereocenters. The van der Waals surface area contributed by atoms with Gasteiger partial charge in [-0.2, -0.15) is 8.78 Å². The van der Waals surface area contributed by atoms with Crippen LogP contribution in [0.2, 0.25) is 0 Å². The first-order valence-corrected chi connectivity index (χ1v) is 7.67. The molecule has 0 heterocycles. The average Bonchev–Trinajstić information content (AvgIpc) is 2.62. The van der Waals surface area contributed by atoms with Gasteiger partial charge in [0.05, 0.1) is 17.7 Å². The van der Waals surface area contributed by atoms with Gasteiger partial charge in [-0.3, -0.25) is 14.9 Å². The van der Waals surface area contributed by atoms with Gasteiger partial charge < -0.3 is 14.8 Å². The molecule has 0 atom stereocenters. The van der Waals surface area contributed by atoms with Crippen molar-refractivity contribution in [3.8, 4) is 11.5 Å². The average molecular weight is 378 g/mol. The van der Waals surface area contributed by atoms with Crippen LogP contribution in [0, 0.1) is 17.0 Å². The molecular weight excluding hydrogens is 362 g/mol. The van der Waals surface area contributed by atoms with Gasteiger partial charge in [-0.25, -0.2) is 0 Å². The summed E-state index contributed by atoms with van der Waals surface area (Å²) in [6.45, 7) is -1.28. The minimum Gasteiger partial charge on any atom is -0.493 e. The number of aryl methyl sites for hydroxylation is 1. The number of halogens is 2. The molecule has 27 heavy (non-hydrogen) atoms. The summed E-state index contributed by atoms with van der Waals surface area (Å²) in [6.07, 6.45) is 2.65. The van der Waals surface area contributed by atoms with E-state index in [1.54, 1.807) is 6.92 Å². The molecule has 7 nitrogen and oxygen atoms in total. The van der Waals surface area contributed by atoms with E-state index in [2.05, 4.69) is 10.1 Å².